The lowest BCUT2D eigenvalue weighted by atomic mass is 10.1. The molecular weight excluding hydrogens is 264 g/mol. The van der Waals surface area contributed by atoms with E-state index in [1.54, 1.807) is 13.3 Å². The van der Waals surface area contributed by atoms with Crippen LogP contribution in [-0.4, -0.2) is 24.7 Å². The van der Waals surface area contributed by atoms with Gasteiger partial charge in [0.05, 0.1) is 13.7 Å². The van der Waals surface area contributed by atoms with Crippen LogP contribution in [0.5, 0.6) is 11.5 Å². The average Bonchev–Trinajstić information content (AvgIpc) is 2.49. The first kappa shape index (κ1) is 15.3. The van der Waals surface area contributed by atoms with E-state index in [2.05, 4.69) is 4.98 Å². The first-order valence-corrected chi connectivity index (χ1v) is 7.14. The summed E-state index contributed by atoms with van der Waals surface area (Å²) >= 11 is 0. The van der Waals surface area contributed by atoms with Gasteiger partial charge in [-0.1, -0.05) is 18.2 Å². The zero-order valence-electron chi connectivity index (χ0n) is 12.6. The normalized spacial score (nSPS) is 12.0. The molecule has 0 spiro atoms. The minimum Gasteiger partial charge on any atom is -0.493 e. The van der Waals surface area contributed by atoms with Crippen LogP contribution in [0, 0.1) is 0 Å². The van der Waals surface area contributed by atoms with Gasteiger partial charge >= 0.3 is 0 Å². The lowest BCUT2D eigenvalue weighted by Crippen LogP contribution is -2.18. The standard InChI is InChI=1S/C17H22N2O2/c1-13(18)11-15-6-3-7-16(20-2)17(15)21-10-8-14-5-4-9-19-12-14/h3-7,9,12-13H,8,10-11,18H2,1-2H3. The number of nitrogens with two attached hydrogens (primary N) is 1. The number of benzene rings is 1. The van der Waals surface area contributed by atoms with E-state index >= 15 is 0 Å². The molecule has 2 aromatic rings. The fraction of sp³-hybridized carbons (Fsp3) is 0.353. The Bertz CT molecular complexity index is 556. The molecule has 0 aliphatic rings. The summed E-state index contributed by atoms with van der Waals surface area (Å²) in [6, 6.07) is 9.96. The molecule has 0 aliphatic carbocycles. The highest BCUT2D eigenvalue weighted by Crippen LogP contribution is 2.31. The van der Waals surface area contributed by atoms with Crippen molar-refractivity contribution in [2.45, 2.75) is 25.8 Å². The molecular formula is C17H22N2O2. The van der Waals surface area contributed by atoms with Crippen molar-refractivity contribution in [3.63, 3.8) is 0 Å². The van der Waals surface area contributed by atoms with Crippen molar-refractivity contribution in [3.05, 3.63) is 53.9 Å². The summed E-state index contributed by atoms with van der Waals surface area (Å²) in [7, 11) is 1.65. The molecule has 0 fully saturated rings. The van der Waals surface area contributed by atoms with Crippen LogP contribution in [0.2, 0.25) is 0 Å². The van der Waals surface area contributed by atoms with E-state index in [1.807, 2.05) is 43.5 Å². The van der Waals surface area contributed by atoms with Crippen LogP contribution in [0.3, 0.4) is 0 Å². The molecule has 1 heterocycles. The maximum Gasteiger partial charge on any atom is 0.164 e. The first-order chi connectivity index (χ1) is 10.2. The maximum absolute atomic E-state index is 5.96. The molecule has 1 aromatic carbocycles. The van der Waals surface area contributed by atoms with Crippen molar-refractivity contribution < 1.29 is 9.47 Å². The first-order valence-electron chi connectivity index (χ1n) is 7.14. The molecule has 0 saturated carbocycles. The monoisotopic (exact) mass is 286 g/mol. The third kappa shape index (κ3) is 4.46. The maximum atomic E-state index is 5.96. The van der Waals surface area contributed by atoms with E-state index in [9.17, 15) is 0 Å². The Hall–Kier alpha value is -2.07. The van der Waals surface area contributed by atoms with Crippen LogP contribution in [-0.2, 0) is 12.8 Å². The van der Waals surface area contributed by atoms with E-state index in [-0.39, 0.29) is 6.04 Å². The highest BCUT2D eigenvalue weighted by molar-refractivity contribution is 5.47. The minimum absolute atomic E-state index is 0.0813. The molecule has 1 unspecified atom stereocenters. The molecule has 0 bridgehead atoms. The summed E-state index contributed by atoms with van der Waals surface area (Å²) in [6.45, 7) is 2.57. The van der Waals surface area contributed by atoms with Crippen molar-refractivity contribution in [3.8, 4) is 11.5 Å². The highest BCUT2D eigenvalue weighted by Gasteiger charge is 2.12. The van der Waals surface area contributed by atoms with Gasteiger partial charge in [-0.15, -0.1) is 0 Å². The summed E-state index contributed by atoms with van der Waals surface area (Å²) in [6.07, 6.45) is 5.20. The molecule has 0 aliphatic heterocycles. The van der Waals surface area contributed by atoms with E-state index in [4.69, 9.17) is 15.2 Å². The van der Waals surface area contributed by atoms with Gasteiger partial charge in [0.2, 0.25) is 0 Å². The predicted molar refractivity (Wildman–Crippen MR) is 83.8 cm³/mol. The van der Waals surface area contributed by atoms with Gasteiger partial charge in [-0.2, -0.15) is 0 Å². The zero-order chi connectivity index (χ0) is 15.1. The number of methoxy groups -OCH3 is 1. The molecule has 4 nitrogen and oxygen atoms in total. The van der Waals surface area contributed by atoms with Crippen molar-refractivity contribution in [1.82, 2.24) is 4.98 Å². The Balaban J connectivity index is 2.06. The fourth-order valence-electron chi connectivity index (χ4n) is 2.21. The quantitative estimate of drug-likeness (QED) is 0.850. The second kappa shape index (κ2) is 7.64. The molecule has 21 heavy (non-hydrogen) atoms. The lowest BCUT2D eigenvalue weighted by molar-refractivity contribution is 0.294. The molecule has 2 rings (SSSR count). The van der Waals surface area contributed by atoms with Gasteiger partial charge < -0.3 is 15.2 Å². The largest absolute Gasteiger partial charge is 0.493 e. The summed E-state index contributed by atoms with van der Waals surface area (Å²) in [5.41, 5.74) is 8.13. The van der Waals surface area contributed by atoms with Crippen LogP contribution in [0.4, 0.5) is 0 Å². The van der Waals surface area contributed by atoms with Crippen molar-refractivity contribution >= 4 is 0 Å². The molecule has 1 atom stereocenters. The van der Waals surface area contributed by atoms with Gasteiger partial charge in [0.15, 0.2) is 11.5 Å². The molecule has 0 amide bonds. The number of ether oxygens (including phenoxy) is 2. The summed E-state index contributed by atoms with van der Waals surface area (Å²) in [5.74, 6) is 1.54. The molecule has 0 radical (unpaired) electrons. The van der Waals surface area contributed by atoms with Crippen LogP contribution < -0.4 is 15.2 Å². The molecule has 4 heteroatoms. The summed E-state index contributed by atoms with van der Waals surface area (Å²) in [4.78, 5) is 4.10. The summed E-state index contributed by atoms with van der Waals surface area (Å²) in [5, 5.41) is 0. The smallest absolute Gasteiger partial charge is 0.164 e. The van der Waals surface area contributed by atoms with Crippen molar-refractivity contribution in [2.75, 3.05) is 13.7 Å². The number of pyridine rings is 1. The average molecular weight is 286 g/mol. The van der Waals surface area contributed by atoms with Gasteiger partial charge in [0.1, 0.15) is 0 Å². The molecule has 2 N–H and O–H groups in total. The number of hydrogen-bond acceptors (Lipinski definition) is 4. The van der Waals surface area contributed by atoms with Gasteiger partial charge in [-0.05, 0) is 36.6 Å². The number of para-hydroxylation sites is 1. The zero-order valence-corrected chi connectivity index (χ0v) is 12.6. The van der Waals surface area contributed by atoms with Crippen LogP contribution >= 0.6 is 0 Å². The Morgan fingerprint density at radius 3 is 2.76 bits per heavy atom. The van der Waals surface area contributed by atoms with Gasteiger partial charge in [-0.25, -0.2) is 0 Å². The Kier molecular flexibility index (Phi) is 5.58. The third-order valence-electron chi connectivity index (χ3n) is 3.18. The van der Waals surface area contributed by atoms with Crippen molar-refractivity contribution in [1.29, 1.82) is 0 Å². The highest BCUT2D eigenvalue weighted by atomic mass is 16.5. The Morgan fingerprint density at radius 1 is 1.24 bits per heavy atom. The fourth-order valence-corrected chi connectivity index (χ4v) is 2.21. The lowest BCUT2D eigenvalue weighted by Gasteiger charge is -2.16. The van der Waals surface area contributed by atoms with Gasteiger partial charge in [0.25, 0.3) is 0 Å². The molecule has 0 saturated heterocycles. The minimum atomic E-state index is 0.0813. The number of aromatic nitrogens is 1. The molecule has 112 valence electrons. The predicted octanol–water partition coefficient (Wildman–Crippen LogP) is 2.60. The van der Waals surface area contributed by atoms with Crippen LogP contribution in [0.1, 0.15) is 18.1 Å². The number of nitrogens with zero attached hydrogens (tertiary/aromatic N) is 1. The van der Waals surface area contributed by atoms with Gasteiger partial charge in [-0.3, -0.25) is 4.98 Å². The number of hydrogen-bond donors (Lipinski definition) is 1. The van der Waals surface area contributed by atoms with Gasteiger partial charge in [0, 0.05) is 24.9 Å². The Labute approximate surface area is 125 Å². The van der Waals surface area contributed by atoms with E-state index in [1.165, 1.54) is 0 Å². The van der Waals surface area contributed by atoms with Crippen LogP contribution in [0.25, 0.3) is 0 Å². The second-order valence-corrected chi connectivity index (χ2v) is 5.09. The molecule has 1 aromatic heterocycles. The van der Waals surface area contributed by atoms with E-state index in [0.29, 0.717) is 6.61 Å². The van der Waals surface area contributed by atoms with E-state index < -0.39 is 0 Å². The second-order valence-electron chi connectivity index (χ2n) is 5.09. The van der Waals surface area contributed by atoms with E-state index in [0.717, 1.165) is 35.5 Å². The summed E-state index contributed by atoms with van der Waals surface area (Å²) < 4.78 is 11.3. The van der Waals surface area contributed by atoms with Crippen molar-refractivity contribution in [2.24, 2.45) is 5.73 Å². The topological polar surface area (TPSA) is 57.4 Å². The van der Waals surface area contributed by atoms with Crippen LogP contribution in [0.15, 0.2) is 42.7 Å². The third-order valence-corrected chi connectivity index (χ3v) is 3.18. The SMILES string of the molecule is COc1cccc(CC(C)N)c1OCCc1cccnc1. The number of rotatable bonds is 7. The Morgan fingerprint density at radius 2 is 2.10 bits per heavy atom.